The van der Waals surface area contributed by atoms with E-state index in [1.165, 1.54) is 88.9 Å². The Kier molecular flexibility index (Phi) is 6.17. The van der Waals surface area contributed by atoms with Gasteiger partial charge in [-0.05, 0) is 105 Å². The number of anilines is 2. The van der Waals surface area contributed by atoms with Gasteiger partial charge in [0.2, 0.25) is 0 Å². The van der Waals surface area contributed by atoms with Crippen LogP contribution in [0, 0.1) is 0 Å². The fourth-order valence-electron chi connectivity index (χ4n) is 9.08. The van der Waals surface area contributed by atoms with Crippen LogP contribution < -0.4 is 4.90 Å². The minimum Gasteiger partial charge on any atom is -0.333 e. The summed E-state index contributed by atoms with van der Waals surface area (Å²) < 4.78 is 2.38. The zero-order valence-corrected chi connectivity index (χ0v) is 28.1. The van der Waals surface area contributed by atoms with Crippen molar-refractivity contribution in [2.75, 3.05) is 4.90 Å². The summed E-state index contributed by atoms with van der Waals surface area (Å²) in [5.74, 6) is 0.262. The maximum atomic E-state index is 2.54. The van der Waals surface area contributed by atoms with Crippen molar-refractivity contribution in [3.8, 4) is 27.9 Å². The molecule has 2 unspecified atom stereocenters. The lowest BCUT2D eigenvalue weighted by atomic mass is 9.86. The Balaban J connectivity index is 0.951. The average Bonchev–Trinajstić information content (AvgIpc) is 3.86. The van der Waals surface area contributed by atoms with E-state index in [2.05, 4.69) is 191 Å². The Morgan fingerprint density at radius 1 is 0.510 bits per heavy atom. The van der Waals surface area contributed by atoms with Gasteiger partial charge in [0.05, 0.1) is 17.1 Å². The maximum Gasteiger partial charge on any atom is 0.0630 e. The van der Waals surface area contributed by atoms with Crippen LogP contribution in [-0.2, 0) is 6.42 Å². The molecule has 51 heavy (non-hydrogen) atoms. The lowest BCUT2D eigenvalue weighted by Gasteiger charge is -2.30. The Labute approximate surface area is 297 Å². The molecule has 0 radical (unpaired) electrons. The van der Waals surface area contributed by atoms with Crippen molar-refractivity contribution in [3.05, 3.63) is 204 Å². The predicted molar refractivity (Wildman–Crippen MR) is 213 cm³/mol. The summed E-state index contributed by atoms with van der Waals surface area (Å²) in [5, 5.41) is 2.56. The molecule has 7 aromatic carbocycles. The third-order valence-electron chi connectivity index (χ3n) is 11.4. The molecule has 0 fully saturated rings. The number of aromatic nitrogens is 1. The highest BCUT2D eigenvalue weighted by atomic mass is 15.2. The normalized spacial score (nSPS) is 16.9. The quantitative estimate of drug-likeness (QED) is 0.184. The number of benzene rings is 7. The van der Waals surface area contributed by atoms with Crippen molar-refractivity contribution in [2.45, 2.75) is 18.4 Å². The van der Waals surface area contributed by atoms with Gasteiger partial charge in [-0.15, -0.1) is 0 Å². The fraction of sp³-hybridized carbons (Fsp3) is 0.0612. The van der Waals surface area contributed by atoms with Crippen molar-refractivity contribution >= 4 is 38.8 Å². The van der Waals surface area contributed by atoms with E-state index in [0.717, 1.165) is 6.42 Å². The SMILES string of the molecule is C1=CC2C(C=C1c1ccc3c(c1)c1ccccc1n3-c1ccccc1)c1ccccc1N2c1ccc(-c2cccc3c2Cc2ccccc2-3)cc1. The molecule has 0 spiro atoms. The molecular weight excluding hydrogens is 617 g/mol. The molecule has 3 aliphatic rings. The zero-order chi connectivity index (χ0) is 33.5. The highest BCUT2D eigenvalue weighted by molar-refractivity contribution is 6.10. The first-order chi connectivity index (χ1) is 25.3. The Morgan fingerprint density at radius 2 is 1.24 bits per heavy atom. The third-order valence-corrected chi connectivity index (χ3v) is 11.4. The Hall–Kier alpha value is -6.38. The molecule has 0 N–H and O–H groups in total. The molecule has 2 atom stereocenters. The van der Waals surface area contributed by atoms with Gasteiger partial charge in [0, 0.05) is 33.8 Å². The molecular formula is C49H34N2. The van der Waals surface area contributed by atoms with Gasteiger partial charge in [0.25, 0.3) is 0 Å². The van der Waals surface area contributed by atoms with E-state index < -0.39 is 0 Å². The van der Waals surface area contributed by atoms with Crippen LogP contribution in [0.5, 0.6) is 0 Å². The number of hydrogen-bond acceptors (Lipinski definition) is 1. The van der Waals surface area contributed by atoms with E-state index in [1.807, 2.05) is 0 Å². The Bertz CT molecular complexity index is 2730. The van der Waals surface area contributed by atoms with Gasteiger partial charge in [-0.25, -0.2) is 0 Å². The van der Waals surface area contributed by atoms with E-state index in [-0.39, 0.29) is 12.0 Å². The van der Waals surface area contributed by atoms with Crippen molar-refractivity contribution in [2.24, 2.45) is 0 Å². The number of rotatable bonds is 4. The van der Waals surface area contributed by atoms with Gasteiger partial charge in [-0.2, -0.15) is 0 Å². The minimum atomic E-state index is 0.219. The first kappa shape index (κ1) is 28.5. The average molecular weight is 651 g/mol. The molecule has 240 valence electrons. The van der Waals surface area contributed by atoms with Crippen molar-refractivity contribution < 1.29 is 0 Å². The van der Waals surface area contributed by atoms with Gasteiger partial charge in [-0.1, -0.05) is 133 Å². The lowest BCUT2D eigenvalue weighted by molar-refractivity contribution is 0.747. The van der Waals surface area contributed by atoms with Crippen LogP contribution in [0.1, 0.15) is 28.2 Å². The number of para-hydroxylation sites is 3. The summed E-state index contributed by atoms with van der Waals surface area (Å²) in [5.41, 5.74) is 18.3. The summed E-state index contributed by atoms with van der Waals surface area (Å²) in [4.78, 5) is 2.54. The van der Waals surface area contributed by atoms with Crippen LogP contribution in [0.15, 0.2) is 182 Å². The fourth-order valence-corrected chi connectivity index (χ4v) is 9.08. The first-order valence-electron chi connectivity index (χ1n) is 18.0. The minimum absolute atomic E-state index is 0.219. The first-order valence-corrected chi connectivity index (χ1v) is 18.0. The largest absolute Gasteiger partial charge is 0.333 e. The van der Waals surface area contributed by atoms with Crippen LogP contribution in [0.3, 0.4) is 0 Å². The number of fused-ring (bicyclic) bond motifs is 9. The van der Waals surface area contributed by atoms with Crippen molar-refractivity contribution in [1.82, 2.24) is 4.57 Å². The molecule has 2 nitrogen and oxygen atoms in total. The molecule has 0 saturated carbocycles. The molecule has 1 aliphatic heterocycles. The molecule has 0 saturated heterocycles. The van der Waals surface area contributed by atoms with Gasteiger partial charge in [0.15, 0.2) is 0 Å². The van der Waals surface area contributed by atoms with E-state index in [0.29, 0.717) is 0 Å². The molecule has 8 aromatic rings. The topological polar surface area (TPSA) is 8.17 Å². The molecule has 0 bridgehead atoms. The summed E-state index contributed by atoms with van der Waals surface area (Å²) in [7, 11) is 0. The Morgan fingerprint density at radius 3 is 2.16 bits per heavy atom. The van der Waals surface area contributed by atoms with Gasteiger partial charge in [-0.3, -0.25) is 0 Å². The second-order valence-electron chi connectivity index (χ2n) is 14.1. The van der Waals surface area contributed by atoms with Gasteiger partial charge < -0.3 is 9.47 Å². The molecule has 11 rings (SSSR count). The number of nitrogens with zero attached hydrogens (tertiary/aromatic N) is 2. The standard InChI is InChI=1S/C49H34N2/c1-2-12-36(13-3-1)50-46-19-8-6-15-41(46)44-29-33(23-27-48(44)50)34-24-28-49-45(30-34)42-16-7-9-20-47(42)51(49)37-25-21-32(22-26-37)38-17-10-18-40-39-14-5-4-11-35(39)31-43(38)40/h1-30,45,49H,31H2. The highest BCUT2D eigenvalue weighted by Gasteiger charge is 2.38. The summed E-state index contributed by atoms with van der Waals surface area (Å²) in [6, 6.07) is 60.5. The predicted octanol–water partition coefficient (Wildman–Crippen LogP) is 12.3. The molecule has 1 aromatic heterocycles. The highest BCUT2D eigenvalue weighted by Crippen LogP contribution is 2.50. The van der Waals surface area contributed by atoms with Crippen molar-refractivity contribution in [3.63, 3.8) is 0 Å². The third kappa shape index (κ3) is 4.30. The van der Waals surface area contributed by atoms with Crippen molar-refractivity contribution in [1.29, 1.82) is 0 Å². The second kappa shape index (κ2) is 11.1. The molecule has 2 heterocycles. The van der Waals surface area contributed by atoms with Crippen LogP contribution in [0.4, 0.5) is 11.4 Å². The summed E-state index contributed by atoms with van der Waals surface area (Å²) >= 11 is 0. The smallest absolute Gasteiger partial charge is 0.0630 e. The zero-order valence-electron chi connectivity index (χ0n) is 28.1. The van der Waals surface area contributed by atoms with Crippen LogP contribution >= 0.6 is 0 Å². The maximum absolute atomic E-state index is 2.54. The molecule has 0 amide bonds. The van der Waals surface area contributed by atoms with Crippen LogP contribution in [0.25, 0.3) is 55.3 Å². The van der Waals surface area contributed by atoms with Gasteiger partial charge in [0.1, 0.15) is 0 Å². The van der Waals surface area contributed by atoms with E-state index >= 15 is 0 Å². The number of hydrogen-bond donors (Lipinski definition) is 0. The molecule has 2 heteroatoms. The molecule has 2 aliphatic carbocycles. The summed E-state index contributed by atoms with van der Waals surface area (Å²) in [6.45, 7) is 0. The van der Waals surface area contributed by atoms with E-state index in [1.54, 1.807) is 0 Å². The van der Waals surface area contributed by atoms with Crippen LogP contribution in [-0.4, -0.2) is 10.6 Å². The monoisotopic (exact) mass is 650 g/mol. The van der Waals surface area contributed by atoms with E-state index in [9.17, 15) is 0 Å². The van der Waals surface area contributed by atoms with Crippen LogP contribution in [0.2, 0.25) is 0 Å². The summed E-state index contributed by atoms with van der Waals surface area (Å²) in [6.07, 6.45) is 8.26. The second-order valence-corrected chi connectivity index (χ2v) is 14.1. The van der Waals surface area contributed by atoms with E-state index in [4.69, 9.17) is 0 Å². The van der Waals surface area contributed by atoms with Gasteiger partial charge >= 0.3 is 0 Å². The lowest BCUT2D eigenvalue weighted by Crippen LogP contribution is -2.28. The number of allylic oxidation sites excluding steroid dienone is 2.